The van der Waals surface area contributed by atoms with Gasteiger partial charge in [-0.3, -0.25) is 0 Å². The third-order valence-electron chi connectivity index (χ3n) is 11.2. The molecule has 0 saturated heterocycles. The molecule has 4 aliphatic carbocycles. The van der Waals surface area contributed by atoms with Crippen molar-refractivity contribution < 1.29 is 5.11 Å². The first kappa shape index (κ1) is 23.7. The van der Waals surface area contributed by atoms with Crippen molar-refractivity contribution in [2.75, 3.05) is 0 Å². The second kappa shape index (κ2) is 8.08. The van der Waals surface area contributed by atoms with E-state index in [9.17, 15) is 10.0 Å². The van der Waals surface area contributed by atoms with Crippen molar-refractivity contribution in [3.05, 3.63) is 4.91 Å². The zero-order chi connectivity index (χ0) is 22.7. The van der Waals surface area contributed by atoms with Crippen LogP contribution in [0.25, 0.3) is 0 Å². The quantitative estimate of drug-likeness (QED) is 0.474. The first-order valence-corrected chi connectivity index (χ1v) is 13.3. The summed E-state index contributed by atoms with van der Waals surface area (Å²) in [7, 11) is 0. The number of aliphatic hydroxyl groups is 1. The van der Waals surface area contributed by atoms with E-state index >= 15 is 0 Å². The van der Waals surface area contributed by atoms with Crippen LogP contribution in [0.2, 0.25) is 0 Å². The Morgan fingerprint density at radius 2 is 1.65 bits per heavy atom. The molecule has 0 bridgehead atoms. The number of hydrogen-bond donors (Lipinski definition) is 2. The smallest absolute Gasteiger partial charge is 0.100 e. The van der Waals surface area contributed by atoms with Crippen molar-refractivity contribution >= 4 is 0 Å². The molecule has 4 rings (SSSR count). The van der Waals surface area contributed by atoms with Gasteiger partial charge in [0.1, 0.15) is 5.54 Å². The largest absolute Gasteiger partial charge is 0.393 e. The molecule has 4 saturated carbocycles. The third-order valence-corrected chi connectivity index (χ3v) is 11.2. The van der Waals surface area contributed by atoms with E-state index in [1.54, 1.807) is 0 Å². The molecule has 4 nitrogen and oxygen atoms in total. The van der Waals surface area contributed by atoms with Crippen molar-refractivity contribution in [1.29, 1.82) is 0 Å². The highest BCUT2D eigenvalue weighted by Gasteiger charge is 2.66. The van der Waals surface area contributed by atoms with Gasteiger partial charge in [0.15, 0.2) is 0 Å². The first-order valence-electron chi connectivity index (χ1n) is 13.3. The summed E-state index contributed by atoms with van der Waals surface area (Å²) in [6.45, 7) is 11.6. The van der Waals surface area contributed by atoms with Crippen molar-refractivity contribution in [2.24, 2.45) is 51.3 Å². The summed E-state index contributed by atoms with van der Waals surface area (Å²) < 4.78 is 0. The van der Waals surface area contributed by atoms with Gasteiger partial charge in [-0.1, -0.05) is 32.9 Å². The van der Waals surface area contributed by atoms with Crippen LogP contribution < -0.4 is 5.73 Å². The van der Waals surface area contributed by atoms with Gasteiger partial charge >= 0.3 is 0 Å². The predicted octanol–water partition coefficient (Wildman–Crippen LogP) is 6.44. The average molecular weight is 433 g/mol. The van der Waals surface area contributed by atoms with Crippen molar-refractivity contribution in [2.45, 2.75) is 129 Å². The van der Waals surface area contributed by atoms with Gasteiger partial charge < -0.3 is 10.8 Å². The maximum Gasteiger partial charge on any atom is 0.100 e. The minimum Gasteiger partial charge on any atom is -0.393 e. The minimum absolute atomic E-state index is 0.0712. The lowest BCUT2D eigenvalue weighted by Gasteiger charge is -2.66. The molecule has 3 N–H and O–H groups in total. The topological polar surface area (TPSA) is 75.7 Å². The van der Waals surface area contributed by atoms with Crippen LogP contribution in [0.3, 0.4) is 0 Å². The first-order chi connectivity index (χ1) is 14.5. The normalized spacial score (nSPS) is 50.5. The van der Waals surface area contributed by atoms with Gasteiger partial charge in [0.2, 0.25) is 0 Å². The van der Waals surface area contributed by atoms with Crippen LogP contribution in [0.4, 0.5) is 0 Å². The van der Waals surface area contributed by atoms with E-state index in [-0.39, 0.29) is 28.0 Å². The van der Waals surface area contributed by atoms with Crippen LogP contribution in [0.1, 0.15) is 112 Å². The molecular weight excluding hydrogens is 384 g/mol. The van der Waals surface area contributed by atoms with Crippen LogP contribution in [-0.4, -0.2) is 22.3 Å². The van der Waals surface area contributed by atoms with Gasteiger partial charge in [0, 0.05) is 5.54 Å². The highest BCUT2D eigenvalue weighted by molar-refractivity contribution is 5.19. The molecule has 0 aliphatic heterocycles. The molecule has 4 fully saturated rings. The second-order valence-corrected chi connectivity index (χ2v) is 13.4. The zero-order valence-corrected chi connectivity index (χ0v) is 20.8. The summed E-state index contributed by atoms with van der Waals surface area (Å²) in [5, 5.41) is 14.3. The SMILES string of the molecule is CC(C)CCC(O)CC1CCC2C1(C)CCC1C3(C)CC[C@](C)(N=O)CC3CCC21N. The molecular formula is C27H48N2O2. The van der Waals surface area contributed by atoms with E-state index in [2.05, 4.69) is 39.8 Å². The number of nitroso groups, excluding NO2 is 1. The Bertz CT molecular complexity index is 682. The van der Waals surface area contributed by atoms with E-state index in [4.69, 9.17) is 5.73 Å². The van der Waals surface area contributed by atoms with Gasteiger partial charge in [-0.15, -0.1) is 0 Å². The molecule has 8 unspecified atom stereocenters. The molecule has 0 heterocycles. The van der Waals surface area contributed by atoms with E-state index < -0.39 is 0 Å². The Kier molecular flexibility index (Phi) is 6.17. The minimum atomic E-state index is -0.369. The van der Waals surface area contributed by atoms with Crippen molar-refractivity contribution in [3.63, 3.8) is 0 Å². The van der Waals surface area contributed by atoms with Crippen LogP contribution >= 0.6 is 0 Å². The summed E-state index contributed by atoms with van der Waals surface area (Å²) >= 11 is 0. The number of aliphatic hydroxyl groups excluding tert-OH is 1. The molecule has 9 atom stereocenters. The summed E-state index contributed by atoms with van der Waals surface area (Å²) in [6, 6.07) is 0. The number of nitrogens with zero attached hydrogens (tertiary/aromatic N) is 1. The Labute approximate surface area is 190 Å². The van der Waals surface area contributed by atoms with E-state index in [0.29, 0.717) is 29.6 Å². The fraction of sp³-hybridized carbons (Fsp3) is 1.00. The van der Waals surface area contributed by atoms with Gasteiger partial charge in [0.25, 0.3) is 0 Å². The zero-order valence-electron chi connectivity index (χ0n) is 20.8. The molecule has 0 aromatic heterocycles. The van der Waals surface area contributed by atoms with Crippen LogP contribution in [-0.2, 0) is 0 Å². The summed E-state index contributed by atoms with van der Waals surface area (Å²) in [6.07, 6.45) is 13.0. The van der Waals surface area contributed by atoms with Gasteiger partial charge in [0.05, 0.1) is 6.10 Å². The maximum atomic E-state index is 11.5. The molecule has 0 aromatic carbocycles. The molecule has 4 heteroatoms. The standard InChI is InChI=1S/C27H48N2O2/c1-18(2)6-8-21(30)16-19-7-9-22-25(19,4)12-11-23-26(5)15-14-24(3,29-31)17-20(26)10-13-27(22,23)28/h18-23,30H,6-17,28H2,1-5H3/t19?,20?,21?,22?,23?,24-,25?,26?,27?/m0/s1. The van der Waals surface area contributed by atoms with Crippen LogP contribution in [0.5, 0.6) is 0 Å². The number of rotatable bonds is 6. The highest BCUT2D eigenvalue weighted by Crippen LogP contribution is 2.69. The van der Waals surface area contributed by atoms with Crippen LogP contribution in [0.15, 0.2) is 5.18 Å². The lowest BCUT2D eigenvalue weighted by molar-refractivity contribution is -0.135. The molecule has 0 spiro atoms. The Balaban J connectivity index is 1.51. The number of hydrogen-bond acceptors (Lipinski definition) is 4. The molecule has 31 heavy (non-hydrogen) atoms. The predicted molar refractivity (Wildman–Crippen MR) is 128 cm³/mol. The van der Waals surface area contributed by atoms with Gasteiger partial charge in [-0.25, -0.2) is 0 Å². The number of nitrogens with two attached hydrogens (primary N) is 1. The lowest BCUT2D eigenvalue weighted by atomic mass is 9.41. The lowest BCUT2D eigenvalue weighted by Crippen LogP contribution is -2.68. The van der Waals surface area contributed by atoms with E-state index in [1.807, 2.05) is 0 Å². The van der Waals surface area contributed by atoms with E-state index in [1.165, 1.54) is 25.7 Å². The third kappa shape index (κ3) is 3.82. The molecule has 0 aromatic rings. The maximum absolute atomic E-state index is 11.5. The molecule has 178 valence electrons. The number of fused-ring (bicyclic) bond motifs is 5. The summed E-state index contributed by atoms with van der Waals surface area (Å²) in [5.41, 5.74) is 7.57. The average Bonchev–Trinajstić information content (AvgIpc) is 3.04. The second-order valence-electron chi connectivity index (χ2n) is 13.4. The Morgan fingerprint density at radius 3 is 2.32 bits per heavy atom. The van der Waals surface area contributed by atoms with Gasteiger partial charge in [-0.2, -0.15) is 4.91 Å². The van der Waals surface area contributed by atoms with Crippen molar-refractivity contribution in [1.82, 2.24) is 0 Å². The fourth-order valence-corrected chi connectivity index (χ4v) is 9.20. The molecule has 4 aliphatic rings. The summed E-state index contributed by atoms with van der Waals surface area (Å²) in [5.74, 6) is 3.01. The Hall–Kier alpha value is -0.480. The van der Waals surface area contributed by atoms with Crippen LogP contribution in [0, 0.1) is 45.3 Å². The van der Waals surface area contributed by atoms with Gasteiger partial charge in [-0.05, 0) is 124 Å². The monoisotopic (exact) mass is 432 g/mol. The molecule has 0 amide bonds. The van der Waals surface area contributed by atoms with Crippen molar-refractivity contribution in [3.8, 4) is 0 Å². The fourth-order valence-electron chi connectivity index (χ4n) is 9.20. The molecule has 0 radical (unpaired) electrons. The van der Waals surface area contributed by atoms with E-state index in [0.717, 1.165) is 51.4 Å². The summed E-state index contributed by atoms with van der Waals surface area (Å²) in [4.78, 5) is 11.5. The Morgan fingerprint density at radius 1 is 0.935 bits per heavy atom. The highest BCUT2D eigenvalue weighted by atomic mass is 16.3.